The zero-order chi connectivity index (χ0) is 15.4. The minimum Gasteiger partial charge on any atom is -0.388 e. The third-order valence-electron chi connectivity index (χ3n) is 3.69. The van der Waals surface area contributed by atoms with E-state index in [1.807, 2.05) is 31.4 Å². The van der Waals surface area contributed by atoms with Gasteiger partial charge in [-0.3, -0.25) is 4.98 Å². The van der Waals surface area contributed by atoms with Crippen LogP contribution in [0.5, 0.6) is 0 Å². The molecule has 0 bridgehead atoms. The summed E-state index contributed by atoms with van der Waals surface area (Å²) in [6.07, 6.45) is 1.87. The molecule has 110 valence electrons. The average Bonchev–Trinajstić information content (AvgIpc) is 2.59. The average molecular weight is 289 g/mol. The molecule has 0 unspecified atom stereocenters. The van der Waals surface area contributed by atoms with Gasteiger partial charge in [-0.15, -0.1) is 0 Å². The minimum absolute atomic E-state index is 0.770. The monoisotopic (exact) mass is 289 g/mol. The van der Waals surface area contributed by atoms with E-state index in [4.69, 9.17) is 0 Å². The number of fused-ring (bicyclic) bond motifs is 1. The molecule has 0 spiro atoms. The van der Waals surface area contributed by atoms with Crippen molar-refractivity contribution in [3.05, 3.63) is 78.5 Å². The first kappa shape index (κ1) is 14.1. The number of nitrogens with zero attached hydrogens (tertiary/aromatic N) is 1. The molecule has 0 amide bonds. The van der Waals surface area contributed by atoms with Gasteiger partial charge in [-0.1, -0.05) is 49.0 Å². The van der Waals surface area contributed by atoms with Crippen LogP contribution in [-0.2, 0) is 6.54 Å². The van der Waals surface area contributed by atoms with E-state index in [2.05, 4.69) is 58.6 Å². The quantitative estimate of drug-likeness (QED) is 0.744. The lowest BCUT2D eigenvalue weighted by atomic mass is 10.1. The summed E-state index contributed by atoms with van der Waals surface area (Å²) >= 11 is 0. The van der Waals surface area contributed by atoms with Crippen molar-refractivity contribution in [2.24, 2.45) is 0 Å². The van der Waals surface area contributed by atoms with Gasteiger partial charge in [-0.25, -0.2) is 0 Å². The molecule has 0 aliphatic rings. The first-order valence-corrected chi connectivity index (χ1v) is 7.31. The van der Waals surface area contributed by atoms with Crippen molar-refractivity contribution >= 4 is 22.3 Å². The van der Waals surface area contributed by atoms with E-state index in [9.17, 15) is 0 Å². The van der Waals surface area contributed by atoms with Gasteiger partial charge in [0, 0.05) is 24.7 Å². The molecule has 3 nitrogen and oxygen atoms in total. The summed E-state index contributed by atoms with van der Waals surface area (Å²) in [4.78, 5) is 4.46. The predicted octanol–water partition coefficient (Wildman–Crippen LogP) is 4.04. The van der Waals surface area contributed by atoms with Crippen molar-refractivity contribution in [2.75, 3.05) is 12.4 Å². The van der Waals surface area contributed by atoms with Gasteiger partial charge in [-0.05, 0) is 23.3 Å². The van der Waals surface area contributed by atoms with Crippen molar-refractivity contribution in [2.45, 2.75) is 6.54 Å². The Hall–Kier alpha value is -2.81. The third-order valence-corrected chi connectivity index (χ3v) is 3.69. The van der Waals surface area contributed by atoms with E-state index in [1.54, 1.807) is 0 Å². The van der Waals surface area contributed by atoms with Crippen LogP contribution in [-0.4, -0.2) is 12.0 Å². The third kappa shape index (κ3) is 3.09. The Kier molecular flexibility index (Phi) is 4.05. The maximum atomic E-state index is 4.46. The molecule has 0 fully saturated rings. The number of hydrogen-bond acceptors (Lipinski definition) is 3. The zero-order valence-corrected chi connectivity index (χ0v) is 12.6. The van der Waals surface area contributed by atoms with Crippen LogP contribution >= 0.6 is 0 Å². The number of aromatic nitrogens is 1. The Labute approximate surface area is 130 Å². The number of anilines is 1. The summed E-state index contributed by atoms with van der Waals surface area (Å²) in [6, 6.07) is 18.6. The maximum Gasteiger partial charge on any atom is 0.0703 e. The molecular formula is C19H19N3. The number of para-hydroxylation sites is 1. The lowest BCUT2D eigenvalue weighted by Gasteiger charge is -2.09. The van der Waals surface area contributed by atoms with E-state index in [-0.39, 0.29) is 0 Å². The molecule has 3 heteroatoms. The van der Waals surface area contributed by atoms with Gasteiger partial charge < -0.3 is 10.6 Å². The fourth-order valence-electron chi connectivity index (χ4n) is 2.34. The SMILES string of the molecule is C=C(NC)c1ccc(CNc2cnc3ccccc3c2)cc1. The normalized spacial score (nSPS) is 10.4. The zero-order valence-electron chi connectivity index (χ0n) is 12.6. The predicted molar refractivity (Wildman–Crippen MR) is 93.6 cm³/mol. The van der Waals surface area contributed by atoms with Crippen molar-refractivity contribution in [3.8, 4) is 0 Å². The van der Waals surface area contributed by atoms with Crippen LogP contribution in [0, 0.1) is 0 Å². The number of pyridine rings is 1. The first-order valence-electron chi connectivity index (χ1n) is 7.31. The maximum absolute atomic E-state index is 4.46. The van der Waals surface area contributed by atoms with Crippen molar-refractivity contribution < 1.29 is 0 Å². The molecule has 0 saturated carbocycles. The van der Waals surface area contributed by atoms with E-state index < -0.39 is 0 Å². The van der Waals surface area contributed by atoms with Gasteiger partial charge in [0.05, 0.1) is 17.4 Å². The number of nitrogens with one attached hydrogen (secondary N) is 2. The van der Waals surface area contributed by atoms with Crippen LogP contribution in [0.1, 0.15) is 11.1 Å². The Morgan fingerprint density at radius 1 is 1.09 bits per heavy atom. The van der Waals surface area contributed by atoms with Crippen molar-refractivity contribution in [1.82, 2.24) is 10.3 Å². The number of hydrogen-bond donors (Lipinski definition) is 2. The summed E-state index contributed by atoms with van der Waals surface area (Å²) in [6.45, 7) is 4.73. The first-order chi connectivity index (χ1) is 10.8. The Morgan fingerprint density at radius 2 is 1.86 bits per heavy atom. The Bertz CT molecular complexity index is 791. The second-order valence-electron chi connectivity index (χ2n) is 5.20. The molecule has 0 saturated heterocycles. The largest absolute Gasteiger partial charge is 0.388 e. The highest BCUT2D eigenvalue weighted by Crippen LogP contribution is 2.17. The standard InChI is InChI=1S/C19H19N3/c1-14(20-2)16-9-7-15(8-10-16)12-21-18-11-17-5-3-4-6-19(17)22-13-18/h3-11,13,20-21H,1,12H2,2H3. The van der Waals surface area contributed by atoms with Gasteiger partial charge in [0.25, 0.3) is 0 Å². The van der Waals surface area contributed by atoms with Gasteiger partial charge >= 0.3 is 0 Å². The fraction of sp³-hybridized carbons (Fsp3) is 0.105. The smallest absolute Gasteiger partial charge is 0.0703 e. The molecule has 1 heterocycles. The molecule has 3 rings (SSSR count). The van der Waals surface area contributed by atoms with E-state index in [0.29, 0.717) is 0 Å². The molecule has 0 atom stereocenters. The van der Waals surface area contributed by atoms with Crippen LogP contribution in [0.15, 0.2) is 67.4 Å². The van der Waals surface area contributed by atoms with Crippen molar-refractivity contribution in [1.29, 1.82) is 0 Å². The molecule has 0 aliphatic carbocycles. The lowest BCUT2D eigenvalue weighted by molar-refractivity contribution is 1.12. The highest BCUT2D eigenvalue weighted by Gasteiger charge is 1.99. The molecule has 2 aromatic carbocycles. The minimum atomic E-state index is 0.770. The summed E-state index contributed by atoms with van der Waals surface area (Å²) in [7, 11) is 1.88. The number of benzene rings is 2. The second-order valence-corrected chi connectivity index (χ2v) is 5.20. The van der Waals surface area contributed by atoms with Crippen LogP contribution < -0.4 is 10.6 Å². The molecule has 0 radical (unpaired) electrons. The van der Waals surface area contributed by atoms with Gasteiger partial charge in [-0.2, -0.15) is 0 Å². The number of rotatable bonds is 5. The lowest BCUT2D eigenvalue weighted by Crippen LogP contribution is -2.03. The summed E-state index contributed by atoms with van der Waals surface area (Å²) in [5.41, 5.74) is 5.31. The highest BCUT2D eigenvalue weighted by molar-refractivity contribution is 5.81. The fourth-order valence-corrected chi connectivity index (χ4v) is 2.34. The summed E-state index contributed by atoms with van der Waals surface area (Å²) in [5, 5.41) is 7.62. The molecule has 3 aromatic rings. The highest BCUT2D eigenvalue weighted by atomic mass is 14.9. The Balaban J connectivity index is 1.69. The van der Waals surface area contributed by atoms with Crippen molar-refractivity contribution in [3.63, 3.8) is 0 Å². The van der Waals surface area contributed by atoms with Gasteiger partial charge in [0.15, 0.2) is 0 Å². The van der Waals surface area contributed by atoms with Crippen LogP contribution in [0.3, 0.4) is 0 Å². The van der Waals surface area contributed by atoms with E-state index in [1.165, 1.54) is 5.56 Å². The molecule has 2 N–H and O–H groups in total. The van der Waals surface area contributed by atoms with Crippen LogP contribution in [0.2, 0.25) is 0 Å². The molecule has 22 heavy (non-hydrogen) atoms. The molecular weight excluding hydrogens is 270 g/mol. The van der Waals surface area contributed by atoms with Gasteiger partial charge in [0.2, 0.25) is 0 Å². The van der Waals surface area contributed by atoms with Crippen LogP contribution in [0.4, 0.5) is 5.69 Å². The van der Waals surface area contributed by atoms with Gasteiger partial charge in [0.1, 0.15) is 0 Å². The van der Waals surface area contributed by atoms with E-state index >= 15 is 0 Å². The topological polar surface area (TPSA) is 37.0 Å². The van der Waals surface area contributed by atoms with Crippen LogP contribution in [0.25, 0.3) is 16.6 Å². The molecule has 0 aliphatic heterocycles. The summed E-state index contributed by atoms with van der Waals surface area (Å²) < 4.78 is 0. The second kappa shape index (κ2) is 6.31. The summed E-state index contributed by atoms with van der Waals surface area (Å²) in [5.74, 6) is 0. The van der Waals surface area contributed by atoms with E-state index in [0.717, 1.165) is 34.4 Å². The molecule has 1 aromatic heterocycles. The Morgan fingerprint density at radius 3 is 2.64 bits per heavy atom.